The number of anilines is 5. The highest BCUT2D eigenvalue weighted by atomic mass is 32.3. The molecule has 0 aromatic heterocycles. The van der Waals surface area contributed by atoms with Crippen molar-refractivity contribution in [2.24, 2.45) is 21.1 Å². The average molecular weight is 1320 g/mol. The van der Waals surface area contributed by atoms with Gasteiger partial charge in [0.2, 0.25) is 0 Å². The van der Waals surface area contributed by atoms with Gasteiger partial charge in [-0.15, -0.1) is 0 Å². The summed E-state index contributed by atoms with van der Waals surface area (Å²) in [4.78, 5) is -2.46. The number of nitrogens with zero attached hydrogens (tertiary/aromatic N) is 3. The zero-order chi connectivity index (χ0) is 64.5. The van der Waals surface area contributed by atoms with Crippen molar-refractivity contribution in [2.75, 3.05) is 53.4 Å². The monoisotopic (exact) mass is 1320 g/mol. The second-order valence-corrected chi connectivity index (χ2v) is 27.1. The molecule has 0 aliphatic heterocycles. The Balaban J connectivity index is 0.000000344. The van der Waals surface area contributed by atoms with Crippen molar-refractivity contribution >= 4 is 127 Å². The quantitative estimate of drug-likeness (QED) is 0.0166. The first-order chi connectivity index (χ1) is 39.1. The number of nitrogens with one attached hydrogen (secondary N) is 1. The van der Waals surface area contributed by atoms with Crippen LogP contribution >= 0.6 is 0 Å². The topological polar surface area (TPSA) is 596 Å². The SMILES string of the molecule is C=C/C=C(\C=C/N)S(=O)(=O)CCOS(=O)(=O)O.N=Nc1ccc(/C=C/C2=CCC(N=Nc3ccc4ccc(N)c(O)c4c3N)C=C2S(=O)(=O)O)c(S(=O)(=O)O)c1.Nc1ccc(S(=O)(=O)CCOS(=O)(=O)O)cc1S(=O)(=O)O.Nc1cccc(N)c1. The van der Waals surface area contributed by atoms with Crippen molar-refractivity contribution in [1.82, 2.24) is 0 Å². The molecule has 6 rings (SSSR count). The number of rotatable bonds is 20. The lowest BCUT2D eigenvalue weighted by atomic mass is 10.0. The molecule has 1 aliphatic carbocycles. The minimum atomic E-state index is -4.79. The molecule has 1 unspecified atom stereocenters. The van der Waals surface area contributed by atoms with E-state index in [9.17, 15) is 73.1 Å². The van der Waals surface area contributed by atoms with Crippen LogP contribution in [0.3, 0.4) is 0 Å². The van der Waals surface area contributed by atoms with E-state index in [1.54, 1.807) is 36.4 Å². The summed E-state index contributed by atoms with van der Waals surface area (Å²) in [6.45, 7) is 1.78. The molecule has 0 fully saturated rings. The Morgan fingerprint density at radius 3 is 1.78 bits per heavy atom. The summed E-state index contributed by atoms with van der Waals surface area (Å²) in [6, 6.07) is 19.0. The number of phenolic OH excluding ortho intramolecular Hbond substituents is 1. The molecule has 19 N–H and O–H groups in total. The second kappa shape index (κ2) is 29.7. The number of hydrogen-bond donors (Lipinski definition) is 13. The molecule has 0 saturated carbocycles. The zero-order valence-electron chi connectivity index (χ0n) is 43.4. The van der Waals surface area contributed by atoms with Crippen LogP contribution in [0.4, 0.5) is 39.8 Å². The Morgan fingerprint density at radius 2 is 1.26 bits per heavy atom. The molecule has 1 atom stereocenters. The molecule has 5 aromatic carbocycles. The van der Waals surface area contributed by atoms with Crippen LogP contribution in [-0.4, -0.2) is 118 Å². The number of hydrogen-bond acceptors (Lipinski definition) is 27. The van der Waals surface area contributed by atoms with Crippen LogP contribution < -0.4 is 34.4 Å². The predicted molar refractivity (Wildman–Crippen MR) is 314 cm³/mol. The lowest BCUT2D eigenvalue weighted by molar-refractivity contribution is 0.282. The number of nitrogens with two attached hydrogens (primary N) is 6. The Morgan fingerprint density at radius 1 is 0.682 bits per heavy atom. The molecule has 32 nitrogen and oxygen atoms in total. The summed E-state index contributed by atoms with van der Waals surface area (Å²) in [5.41, 5.74) is 41.6. The van der Waals surface area contributed by atoms with E-state index in [1.165, 1.54) is 54.7 Å². The Labute approximate surface area is 487 Å². The number of aromatic hydroxyl groups is 1. The number of azo groups is 1. The third kappa shape index (κ3) is 22.8. The maximum absolute atomic E-state index is 12.1. The van der Waals surface area contributed by atoms with Gasteiger partial charge in [-0.25, -0.2) is 30.7 Å². The number of phenols is 1. The van der Waals surface area contributed by atoms with E-state index in [0.29, 0.717) is 28.2 Å². The van der Waals surface area contributed by atoms with Crippen LogP contribution in [0.5, 0.6) is 5.75 Å². The fourth-order valence-electron chi connectivity index (χ4n) is 6.64. The Bertz CT molecular complexity index is 4350. The number of fused-ring (bicyclic) bond motifs is 1. The van der Waals surface area contributed by atoms with Gasteiger partial charge in [-0.05, 0) is 108 Å². The summed E-state index contributed by atoms with van der Waals surface area (Å²) < 4.78 is 210. The summed E-state index contributed by atoms with van der Waals surface area (Å²) >= 11 is 0. The summed E-state index contributed by atoms with van der Waals surface area (Å²) in [5, 5.41) is 22.6. The highest BCUT2D eigenvalue weighted by molar-refractivity contribution is 7.95. The maximum Gasteiger partial charge on any atom is 0.397 e. The normalized spacial score (nSPS) is 14.5. The predicted octanol–water partition coefficient (Wildman–Crippen LogP) is 4.61. The van der Waals surface area contributed by atoms with Gasteiger partial charge in [0, 0.05) is 11.4 Å². The molecule has 1 aliphatic rings. The largest absolute Gasteiger partial charge is 0.505 e. The van der Waals surface area contributed by atoms with E-state index in [0.717, 1.165) is 30.5 Å². The van der Waals surface area contributed by atoms with Gasteiger partial charge in [-0.1, -0.05) is 55.1 Å². The average Bonchev–Trinajstić information content (AvgIpc) is 2.05. The van der Waals surface area contributed by atoms with E-state index in [4.69, 9.17) is 53.6 Å². The zero-order valence-corrected chi connectivity index (χ0v) is 49.1. The third-order valence-electron chi connectivity index (χ3n) is 10.5. The molecule has 0 radical (unpaired) electrons. The molecular formula is C46H54N10O22S7. The van der Waals surface area contributed by atoms with Gasteiger partial charge in [0.15, 0.2) is 19.7 Å². The van der Waals surface area contributed by atoms with Gasteiger partial charge in [0.05, 0.1) is 73.6 Å². The molecule has 462 valence electrons. The molecule has 39 heteroatoms. The fourth-order valence-corrected chi connectivity index (χ4v) is 11.9. The van der Waals surface area contributed by atoms with E-state index in [-0.39, 0.29) is 56.6 Å². The van der Waals surface area contributed by atoms with Crippen LogP contribution in [0.2, 0.25) is 0 Å². The molecule has 0 bridgehead atoms. The lowest BCUT2D eigenvalue weighted by Crippen LogP contribution is -2.16. The van der Waals surface area contributed by atoms with Crippen LogP contribution in [0.1, 0.15) is 12.0 Å². The Hall–Kier alpha value is -8.03. The van der Waals surface area contributed by atoms with E-state index in [1.807, 2.05) is 6.07 Å². The van der Waals surface area contributed by atoms with Crippen molar-refractivity contribution in [3.63, 3.8) is 0 Å². The molecule has 85 heavy (non-hydrogen) atoms. The van der Waals surface area contributed by atoms with Gasteiger partial charge < -0.3 is 39.5 Å². The summed E-state index contributed by atoms with van der Waals surface area (Å²) in [5.74, 6) is -1.66. The van der Waals surface area contributed by atoms with Crippen molar-refractivity contribution in [3.05, 3.63) is 155 Å². The van der Waals surface area contributed by atoms with Crippen LogP contribution in [0.15, 0.2) is 180 Å². The smallest absolute Gasteiger partial charge is 0.397 e. The van der Waals surface area contributed by atoms with Gasteiger partial charge in [-0.3, -0.25) is 22.8 Å². The van der Waals surface area contributed by atoms with E-state index < -0.39 is 121 Å². The minimum absolute atomic E-state index is 0.00188. The first kappa shape index (κ1) is 71.2. The number of allylic oxidation sites excluding steroid dienone is 5. The molecular weight excluding hydrogens is 1270 g/mol. The van der Waals surface area contributed by atoms with Gasteiger partial charge in [0.1, 0.15) is 21.2 Å². The highest BCUT2D eigenvalue weighted by Crippen LogP contribution is 2.40. The van der Waals surface area contributed by atoms with Gasteiger partial charge in [0.25, 0.3) is 30.4 Å². The molecule has 0 saturated heterocycles. The molecule has 0 spiro atoms. The van der Waals surface area contributed by atoms with Crippen molar-refractivity contribution in [3.8, 4) is 5.75 Å². The second-order valence-electron chi connectivity index (χ2n) is 16.6. The van der Waals surface area contributed by atoms with Gasteiger partial charge >= 0.3 is 20.8 Å². The van der Waals surface area contributed by atoms with Crippen molar-refractivity contribution in [2.45, 2.75) is 27.1 Å². The minimum Gasteiger partial charge on any atom is -0.505 e. The van der Waals surface area contributed by atoms with Crippen LogP contribution in [0.25, 0.3) is 16.8 Å². The first-order valence-electron chi connectivity index (χ1n) is 22.8. The highest BCUT2D eigenvalue weighted by Gasteiger charge is 2.25. The standard InChI is InChI=1S/C24H22N6O7S2.C8H11NO9S3.C8H13NO6S2.C6H8N2/c25-18-9-5-15-6-10-19(23(26)22(15)24(18)31)30-29-17-8-4-14(21(12-17)39(35,36)37)2-1-13-3-7-16(28-27)11-20(13)38(32,33)34;9-7-2-1-6(5-8(7)20(12,13)14)19(10,11)4-3-18-21(15,16)17;1-2-3-8(4-5-9)16(10,11)7-6-15-17(12,13)14;7-5-2-1-3-6(8)4-5/h1-7,9-12,17,27,31H,8,25-26H2,(H,32,33,34)(H,35,36,37);1-2,5H,3-4,9H2,(H,12,13,14)(H,15,16,17);2-5H,1,6-7,9H2,(H,12,13,14);1-4H,7-8H2/b2-1+,28-27?,30-29?;;5-4-,8-3+;. The summed E-state index contributed by atoms with van der Waals surface area (Å²) in [7, 11) is -31.4. The van der Waals surface area contributed by atoms with E-state index in [2.05, 4.69) is 30.3 Å². The first-order valence-corrected chi connectivity index (χ1v) is 33.1. The number of nitrogen functional groups attached to an aromatic ring is 5. The molecule has 5 aromatic rings. The fraction of sp³-hybridized carbons (Fsp3) is 0.130. The molecule has 0 amide bonds. The summed E-state index contributed by atoms with van der Waals surface area (Å²) in [6.07, 6.45) is 9.89. The number of sulfone groups is 2. The molecule has 0 heterocycles. The van der Waals surface area contributed by atoms with Crippen molar-refractivity contribution < 1.29 is 95.2 Å². The van der Waals surface area contributed by atoms with Gasteiger partial charge in [-0.2, -0.15) is 57.4 Å². The van der Waals surface area contributed by atoms with Crippen molar-refractivity contribution in [1.29, 1.82) is 5.53 Å². The van der Waals surface area contributed by atoms with Crippen LogP contribution in [-0.2, 0) is 79.2 Å². The van der Waals surface area contributed by atoms with E-state index >= 15 is 0 Å². The lowest BCUT2D eigenvalue weighted by Gasteiger charge is -2.15. The van der Waals surface area contributed by atoms with Crippen LogP contribution in [0, 0.1) is 5.53 Å². The number of benzene rings is 5. The third-order valence-corrected chi connectivity index (χ3v) is 17.5. The maximum atomic E-state index is 12.1. The Kier molecular flexibility index (Phi) is 24.9.